The molecule has 1 aromatic carbocycles. The Hall–Kier alpha value is -2.14. The van der Waals surface area contributed by atoms with E-state index in [2.05, 4.69) is 15.3 Å². The predicted octanol–water partition coefficient (Wildman–Crippen LogP) is 4.51. The lowest BCUT2D eigenvalue weighted by Crippen LogP contribution is -2.32. The number of benzene rings is 1. The number of nitrogens with one attached hydrogen (secondary N) is 1. The zero-order valence-corrected chi connectivity index (χ0v) is 15.4. The van der Waals surface area contributed by atoms with Crippen molar-refractivity contribution in [3.8, 4) is 0 Å². The van der Waals surface area contributed by atoms with Crippen molar-refractivity contribution in [1.82, 2.24) is 14.9 Å². The normalized spacial score (nSPS) is 14.9. The van der Waals surface area contributed by atoms with Crippen molar-refractivity contribution >= 4 is 29.0 Å². The highest BCUT2D eigenvalue weighted by Gasteiger charge is 2.19. The van der Waals surface area contributed by atoms with Crippen LogP contribution in [0.4, 0.5) is 11.5 Å². The number of carbonyl (C=O) groups excluding carboxylic acids is 1. The fraction of sp³-hybridized carbons (Fsp3) is 0.421. The maximum absolute atomic E-state index is 12.8. The summed E-state index contributed by atoms with van der Waals surface area (Å²) in [6.07, 6.45) is 4.50. The molecule has 25 heavy (non-hydrogen) atoms. The van der Waals surface area contributed by atoms with Crippen molar-refractivity contribution in [2.45, 2.75) is 39.5 Å². The third-order valence-corrected chi connectivity index (χ3v) is 4.64. The minimum absolute atomic E-state index is 0.0109. The van der Waals surface area contributed by atoms with Crippen LogP contribution in [0.2, 0.25) is 5.02 Å². The smallest absolute Gasteiger partial charge is 0.272 e. The van der Waals surface area contributed by atoms with E-state index in [9.17, 15) is 4.79 Å². The van der Waals surface area contributed by atoms with Crippen molar-refractivity contribution in [3.63, 3.8) is 0 Å². The SMILES string of the molecule is Cc1nc(Nc2ccc(Cl)cc2C)cc(C(=O)N2CCCCCC2)n1. The molecule has 0 spiro atoms. The molecule has 1 aromatic heterocycles. The number of rotatable bonds is 3. The number of likely N-dealkylation sites (tertiary alicyclic amines) is 1. The van der Waals surface area contributed by atoms with Crippen LogP contribution in [0.15, 0.2) is 24.3 Å². The molecule has 1 saturated heterocycles. The summed E-state index contributed by atoms with van der Waals surface area (Å²) in [7, 11) is 0. The average Bonchev–Trinajstić information content (AvgIpc) is 2.85. The Balaban J connectivity index is 1.83. The van der Waals surface area contributed by atoms with E-state index in [1.807, 2.05) is 30.0 Å². The second kappa shape index (κ2) is 7.83. The van der Waals surface area contributed by atoms with Crippen LogP contribution < -0.4 is 5.32 Å². The van der Waals surface area contributed by atoms with Gasteiger partial charge in [0.15, 0.2) is 0 Å². The lowest BCUT2D eigenvalue weighted by atomic mass is 10.2. The fourth-order valence-electron chi connectivity index (χ4n) is 3.08. The summed E-state index contributed by atoms with van der Waals surface area (Å²) in [4.78, 5) is 23.5. The lowest BCUT2D eigenvalue weighted by Gasteiger charge is -2.20. The monoisotopic (exact) mass is 358 g/mol. The summed E-state index contributed by atoms with van der Waals surface area (Å²) in [6.45, 7) is 5.40. The third-order valence-electron chi connectivity index (χ3n) is 4.40. The number of nitrogens with zero attached hydrogens (tertiary/aromatic N) is 3. The van der Waals surface area contributed by atoms with Crippen LogP contribution in [0, 0.1) is 13.8 Å². The molecule has 0 radical (unpaired) electrons. The molecule has 132 valence electrons. The van der Waals surface area contributed by atoms with Crippen molar-refractivity contribution in [2.24, 2.45) is 0 Å². The van der Waals surface area contributed by atoms with Crippen LogP contribution in [-0.4, -0.2) is 33.9 Å². The van der Waals surface area contributed by atoms with E-state index < -0.39 is 0 Å². The molecule has 1 aliphatic rings. The summed E-state index contributed by atoms with van der Waals surface area (Å²) in [5.74, 6) is 1.19. The van der Waals surface area contributed by atoms with Crippen LogP contribution >= 0.6 is 11.6 Å². The highest BCUT2D eigenvalue weighted by atomic mass is 35.5. The molecular formula is C19H23ClN4O. The van der Waals surface area contributed by atoms with Crippen LogP contribution in [0.25, 0.3) is 0 Å². The number of hydrogen-bond acceptors (Lipinski definition) is 4. The summed E-state index contributed by atoms with van der Waals surface area (Å²) in [5, 5.41) is 3.96. The zero-order chi connectivity index (χ0) is 17.8. The van der Waals surface area contributed by atoms with Crippen molar-refractivity contribution in [1.29, 1.82) is 0 Å². The molecular weight excluding hydrogens is 336 g/mol. The molecule has 1 aliphatic heterocycles. The number of aryl methyl sites for hydroxylation is 2. The Kier molecular flexibility index (Phi) is 5.53. The molecule has 3 rings (SSSR count). The van der Waals surface area contributed by atoms with Gasteiger partial charge in [-0.1, -0.05) is 24.4 Å². The number of carbonyl (C=O) groups is 1. The number of aromatic nitrogens is 2. The van der Waals surface area contributed by atoms with Gasteiger partial charge in [0, 0.05) is 29.9 Å². The molecule has 5 nitrogen and oxygen atoms in total. The average molecular weight is 359 g/mol. The largest absolute Gasteiger partial charge is 0.340 e. The highest BCUT2D eigenvalue weighted by molar-refractivity contribution is 6.30. The van der Waals surface area contributed by atoms with Gasteiger partial charge >= 0.3 is 0 Å². The first-order chi connectivity index (χ1) is 12.0. The van der Waals surface area contributed by atoms with Gasteiger partial charge in [0.1, 0.15) is 17.3 Å². The van der Waals surface area contributed by atoms with Gasteiger partial charge in [-0.3, -0.25) is 4.79 Å². The van der Waals surface area contributed by atoms with Crippen LogP contribution in [0.5, 0.6) is 0 Å². The van der Waals surface area contributed by atoms with E-state index in [1.54, 1.807) is 13.0 Å². The Morgan fingerprint density at radius 3 is 2.48 bits per heavy atom. The molecule has 1 N–H and O–H groups in total. The molecule has 1 amide bonds. The van der Waals surface area contributed by atoms with Gasteiger partial charge in [-0.25, -0.2) is 9.97 Å². The van der Waals surface area contributed by atoms with Crippen LogP contribution in [0.1, 0.15) is 47.6 Å². The maximum atomic E-state index is 12.8. The minimum Gasteiger partial charge on any atom is -0.340 e. The Morgan fingerprint density at radius 1 is 1.08 bits per heavy atom. The minimum atomic E-state index is -0.0109. The molecule has 2 heterocycles. The number of halogens is 1. The van der Waals surface area contributed by atoms with E-state index in [-0.39, 0.29) is 5.91 Å². The number of anilines is 2. The first-order valence-corrected chi connectivity index (χ1v) is 9.09. The van der Waals surface area contributed by atoms with E-state index in [4.69, 9.17) is 11.6 Å². The van der Waals surface area contributed by atoms with Gasteiger partial charge in [0.25, 0.3) is 5.91 Å². The quantitative estimate of drug-likeness (QED) is 0.877. The Labute approximate surface area is 153 Å². The summed E-state index contributed by atoms with van der Waals surface area (Å²) in [6, 6.07) is 7.36. The summed E-state index contributed by atoms with van der Waals surface area (Å²) < 4.78 is 0. The van der Waals surface area contributed by atoms with Gasteiger partial charge in [-0.15, -0.1) is 0 Å². The second-order valence-electron chi connectivity index (χ2n) is 6.48. The first-order valence-electron chi connectivity index (χ1n) is 8.71. The van der Waals surface area contributed by atoms with Gasteiger partial charge in [0.2, 0.25) is 0 Å². The topological polar surface area (TPSA) is 58.1 Å². The predicted molar refractivity (Wildman–Crippen MR) is 101 cm³/mol. The molecule has 6 heteroatoms. The van der Waals surface area contributed by atoms with Gasteiger partial charge < -0.3 is 10.2 Å². The zero-order valence-electron chi connectivity index (χ0n) is 14.7. The van der Waals surface area contributed by atoms with E-state index in [1.165, 1.54) is 12.8 Å². The second-order valence-corrected chi connectivity index (χ2v) is 6.91. The molecule has 1 fully saturated rings. The van der Waals surface area contributed by atoms with E-state index in [0.717, 1.165) is 37.2 Å². The number of amides is 1. The first kappa shape index (κ1) is 17.7. The molecule has 2 aromatic rings. The molecule has 0 atom stereocenters. The Morgan fingerprint density at radius 2 is 1.80 bits per heavy atom. The number of hydrogen-bond donors (Lipinski definition) is 1. The highest BCUT2D eigenvalue weighted by Crippen LogP contribution is 2.23. The third kappa shape index (κ3) is 4.48. The van der Waals surface area contributed by atoms with Gasteiger partial charge in [-0.2, -0.15) is 0 Å². The van der Waals surface area contributed by atoms with Gasteiger partial charge in [-0.05, 0) is 50.5 Å². The molecule has 0 aliphatic carbocycles. The van der Waals surface area contributed by atoms with Gasteiger partial charge in [0.05, 0.1) is 0 Å². The standard InChI is InChI=1S/C19H23ClN4O/c1-13-11-15(20)7-8-16(13)23-18-12-17(21-14(2)22-18)19(25)24-9-5-3-4-6-10-24/h7-8,11-12H,3-6,9-10H2,1-2H3,(H,21,22,23). The van der Waals surface area contributed by atoms with E-state index in [0.29, 0.717) is 22.4 Å². The molecule has 0 unspecified atom stereocenters. The summed E-state index contributed by atoms with van der Waals surface area (Å²) >= 11 is 6.01. The molecule has 0 saturated carbocycles. The fourth-order valence-corrected chi connectivity index (χ4v) is 3.31. The van der Waals surface area contributed by atoms with Crippen molar-refractivity contribution in [2.75, 3.05) is 18.4 Å². The molecule has 0 bridgehead atoms. The summed E-state index contributed by atoms with van der Waals surface area (Å²) in [5.41, 5.74) is 2.38. The van der Waals surface area contributed by atoms with Crippen LogP contribution in [-0.2, 0) is 0 Å². The lowest BCUT2D eigenvalue weighted by molar-refractivity contribution is 0.0755. The maximum Gasteiger partial charge on any atom is 0.272 e. The van der Waals surface area contributed by atoms with Crippen LogP contribution in [0.3, 0.4) is 0 Å². The Bertz CT molecular complexity index is 770. The van der Waals surface area contributed by atoms with E-state index >= 15 is 0 Å². The van der Waals surface area contributed by atoms with Crippen molar-refractivity contribution < 1.29 is 4.79 Å². The van der Waals surface area contributed by atoms with Crippen molar-refractivity contribution in [3.05, 3.63) is 46.4 Å².